The zero-order valence-electron chi connectivity index (χ0n) is 29.6. The lowest BCUT2D eigenvalue weighted by molar-refractivity contribution is -0.669. The molecule has 6 nitrogen and oxygen atoms in total. The smallest absolute Gasteiger partial charge is 0.282 e. The molecular weight excluding hydrogens is 788 g/mol. The summed E-state index contributed by atoms with van der Waals surface area (Å²) in [6.45, 7) is 1.89. The molecule has 0 unspecified atom stereocenters. The Balaban J connectivity index is 0.00000281. The number of aromatic nitrogens is 4. The van der Waals surface area contributed by atoms with Crippen molar-refractivity contribution in [3.05, 3.63) is 120 Å². The summed E-state index contributed by atoms with van der Waals surface area (Å²) in [5.74, 6) is 4.46. The molecular formula is C40H46Br2N6S2. The van der Waals surface area contributed by atoms with Crippen molar-refractivity contribution in [1.82, 2.24) is 9.13 Å². The van der Waals surface area contributed by atoms with Gasteiger partial charge in [-0.2, -0.15) is 0 Å². The molecule has 0 saturated carbocycles. The van der Waals surface area contributed by atoms with Crippen LogP contribution in [-0.2, 0) is 27.2 Å². The van der Waals surface area contributed by atoms with Crippen LogP contribution < -0.4 is 52.9 Å². The molecule has 2 aromatic heterocycles. The van der Waals surface area contributed by atoms with Crippen LogP contribution in [0.3, 0.4) is 0 Å². The van der Waals surface area contributed by atoms with Gasteiger partial charge in [0, 0.05) is 63.2 Å². The maximum absolute atomic E-state index is 2.46. The third kappa shape index (κ3) is 8.88. The van der Waals surface area contributed by atoms with Crippen LogP contribution in [0.25, 0.3) is 46.4 Å². The number of hydrogen-bond donors (Lipinski definition) is 0. The van der Waals surface area contributed by atoms with Crippen molar-refractivity contribution in [2.75, 3.05) is 49.5 Å². The maximum Gasteiger partial charge on any atom is 0.282 e. The number of rotatable bonds is 13. The van der Waals surface area contributed by atoms with E-state index in [2.05, 4.69) is 192 Å². The second kappa shape index (κ2) is 18.2. The van der Waals surface area contributed by atoms with Crippen LogP contribution >= 0.6 is 21.6 Å². The van der Waals surface area contributed by atoms with E-state index < -0.39 is 0 Å². The first kappa shape index (κ1) is 39.3. The molecule has 10 heteroatoms. The van der Waals surface area contributed by atoms with Crippen LogP contribution in [0.4, 0.5) is 11.4 Å². The van der Waals surface area contributed by atoms with E-state index in [9.17, 15) is 0 Å². The standard InChI is InChI=1S/C40H46N6S2.2BrH/c1-41(2)33-21-15-31(16-22-33)19-25-39-43(5)35-11-7-9-13-37(35)45(39)27-29-47-48-30-28-46-38-14-10-8-12-36(38)44(6)40(46)26-20-32-17-23-34(24-18-32)42(3)4;;/h7-26H,27-30H2,1-6H3;2*1H/q+2;;/p-2. The Bertz CT molecular complexity index is 1910. The Morgan fingerprint density at radius 1 is 0.520 bits per heavy atom. The summed E-state index contributed by atoms with van der Waals surface area (Å²) >= 11 is 0. The van der Waals surface area contributed by atoms with Gasteiger partial charge in [0.25, 0.3) is 11.6 Å². The number of nitrogens with zero attached hydrogens (tertiary/aromatic N) is 6. The minimum Gasteiger partial charge on any atom is -1.00 e. The van der Waals surface area contributed by atoms with Gasteiger partial charge in [-0.05, 0) is 71.8 Å². The Morgan fingerprint density at radius 2 is 0.880 bits per heavy atom. The topological polar surface area (TPSA) is 24.1 Å². The summed E-state index contributed by atoms with van der Waals surface area (Å²) in [5.41, 5.74) is 9.85. The minimum absolute atomic E-state index is 0. The van der Waals surface area contributed by atoms with E-state index in [4.69, 9.17) is 0 Å². The molecule has 0 aliphatic rings. The highest BCUT2D eigenvalue weighted by Crippen LogP contribution is 2.23. The van der Waals surface area contributed by atoms with Gasteiger partial charge in [-0.25, -0.2) is 18.3 Å². The van der Waals surface area contributed by atoms with E-state index in [1.54, 1.807) is 0 Å². The van der Waals surface area contributed by atoms with Crippen molar-refractivity contribution in [3.8, 4) is 0 Å². The van der Waals surface area contributed by atoms with Crippen LogP contribution in [0.2, 0.25) is 0 Å². The highest BCUT2D eigenvalue weighted by molar-refractivity contribution is 8.76. The summed E-state index contributed by atoms with van der Waals surface area (Å²) < 4.78 is 9.53. The van der Waals surface area contributed by atoms with Crippen LogP contribution in [0.5, 0.6) is 0 Å². The van der Waals surface area contributed by atoms with Crippen molar-refractivity contribution in [3.63, 3.8) is 0 Å². The van der Waals surface area contributed by atoms with Crippen LogP contribution in [0.15, 0.2) is 97.1 Å². The Kier molecular flexibility index (Phi) is 14.3. The van der Waals surface area contributed by atoms with Gasteiger partial charge in [0.1, 0.15) is 13.1 Å². The van der Waals surface area contributed by atoms with E-state index in [1.165, 1.54) is 56.2 Å². The minimum atomic E-state index is 0. The van der Waals surface area contributed by atoms with E-state index in [0.717, 1.165) is 24.6 Å². The van der Waals surface area contributed by atoms with Gasteiger partial charge in [0.15, 0.2) is 22.1 Å². The number of para-hydroxylation sites is 4. The molecule has 0 bridgehead atoms. The van der Waals surface area contributed by atoms with Crippen LogP contribution in [-0.4, -0.2) is 48.8 Å². The molecule has 0 aliphatic carbocycles. The fraction of sp³-hybridized carbons (Fsp3) is 0.250. The van der Waals surface area contributed by atoms with Gasteiger partial charge in [0.2, 0.25) is 0 Å². The number of imidazole rings is 2. The third-order valence-corrected chi connectivity index (χ3v) is 11.2. The zero-order valence-corrected chi connectivity index (χ0v) is 34.4. The molecule has 6 aromatic rings. The second-order valence-corrected chi connectivity index (χ2v) is 15.1. The average Bonchev–Trinajstić information content (AvgIpc) is 3.53. The van der Waals surface area contributed by atoms with Gasteiger partial charge in [0.05, 0.1) is 14.1 Å². The van der Waals surface area contributed by atoms with Gasteiger partial charge >= 0.3 is 0 Å². The molecule has 0 atom stereocenters. The molecule has 262 valence electrons. The predicted octanol–water partition coefficient (Wildman–Crippen LogP) is 1.81. The molecule has 4 aromatic carbocycles. The molecule has 0 amide bonds. The van der Waals surface area contributed by atoms with Crippen LogP contribution in [0, 0.1) is 0 Å². The fourth-order valence-corrected chi connectivity index (χ4v) is 8.07. The maximum atomic E-state index is 2.46. The number of anilines is 2. The molecule has 2 heterocycles. The molecule has 0 spiro atoms. The predicted molar refractivity (Wildman–Crippen MR) is 211 cm³/mol. The molecule has 6 rings (SSSR count). The average molecular weight is 835 g/mol. The third-order valence-electron chi connectivity index (χ3n) is 8.86. The Labute approximate surface area is 326 Å². The van der Waals surface area contributed by atoms with Crippen molar-refractivity contribution in [2.45, 2.75) is 13.1 Å². The normalized spacial score (nSPS) is 11.4. The quantitative estimate of drug-likeness (QED) is 0.101. The van der Waals surface area contributed by atoms with Gasteiger partial charge < -0.3 is 43.8 Å². The van der Waals surface area contributed by atoms with E-state index in [1.807, 2.05) is 21.6 Å². The first-order valence-electron chi connectivity index (χ1n) is 16.4. The van der Waals surface area contributed by atoms with E-state index in [0.29, 0.717) is 0 Å². The number of hydrogen-bond acceptors (Lipinski definition) is 4. The zero-order chi connectivity index (χ0) is 33.6. The molecule has 0 aliphatic heterocycles. The number of aryl methyl sites for hydroxylation is 4. The van der Waals surface area contributed by atoms with Crippen molar-refractivity contribution < 1.29 is 43.1 Å². The van der Waals surface area contributed by atoms with Crippen molar-refractivity contribution >= 4 is 79.3 Å². The molecule has 0 fully saturated rings. The molecule has 0 N–H and O–H groups in total. The Morgan fingerprint density at radius 3 is 1.24 bits per heavy atom. The highest BCUT2D eigenvalue weighted by atomic mass is 79.9. The van der Waals surface area contributed by atoms with E-state index >= 15 is 0 Å². The lowest BCUT2D eigenvalue weighted by atomic mass is 10.2. The number of fused-ring (bicyclic) bond motifs is 2. The first-order valence-corrected chi connectivity index (χ1v) is 18.9. The van der Waals surface area contributed by atoms with Crippen molar-refractivity contribution in [2.24, 2.45) is 14.1 Å². The highest BCUT2D eigenvalue weighted by Gasteiger charge is 2.22. The van der Waals surface area contributed by atoms with E-state index in [-0.39, 0.29) is 34.0 Å². The monoisotopic (exact) mass is 832 g/mol. The van der Waals surface area contributed by atoms with Gasteiger partial charge in [-0.15, -0.1) is 0 Å². The van der Waals surface area contributed by atoms with Crippen molar-refractivity contribution in [1.29, 1.82) is 0 Å². The fourth-order valence-electron chi connectivity index (χ4n) is 6.17. The second-order valence-electron chi connectivity index (χ2n) is 12.4. The summed E-state index contributed by atoms with van der Waals surface area (Å²) in [6, 6.07) is 34.8. The lowest BCUT2D eigenvalue weighted by Crippen LogP contribution is -3.00. The van der Waals surface area contributed by atoms with Gasteiger partial charge in [-0.3, -0.25) is 0 Å². The summed E-state index contributed by atoms with van der Waals surface area (Å²) in [7, 11) is 16.6. The summed E-state index contributed by atoms with van der Waals surface area (Å²) in [4.78, 5) is 4.26. The summed E-state index contributed by atoms with van der Waals surface area (Å²) in [5, 5.41) is 0. The largest absolute Gasteiger partial charge is 1.00 e. The first-order chi connectivity index (χ1) is 23.3. The molecule has 50 heavy (non-hydrogen) atoms. The number of benzene rings is 4. The molecule has 0 saturated heterocycles. The summed E-state index contributed by atoms with van der Waals surface area (Å²) in [6.07, 6.45) is 8.95. The number of halogens is 2. The van der Waals surface area contributed by atoms with Crippen LogP contribution in [0.1, 0.15) is 22.8 Å². The SMILES string of the molecule is CN(C)c1ccc(C=Cc2n(C)c3ccccc3[n+]2CCSSCC[n+]2c(C=Cc3ccc(N(C)C)cc3)n(C)c3ccccc32)cc1.[Br-].[Br-]. The van der Waals surface area contributed by atoms with Gasteiger partial charge in [-0.1, -0.05) is 70.1 Å². The lowest BCUT2D eigenvalue weighted by Gasteiger charge is -2.11. The Hall–Kier alpha value is -3.44. The molecule has 0 radical (unpaired) electrons.